The van der Waals surface area contributed by atoms with E-state index in [1.807, 2.05) is 49.4 Å². The van der Waals surface area contributed by atoms with Crippen LogP contribution in [0.1, 0.15) is 31.7 Å². The molecule has 0 bridgehead atoms. The minimum atomic E-state index is -3.68. The van der Waals surface area contributed by atoms with Gasteiger partial charge < -0.3 is 15.0 Å². The number of carbonyl (C=O) groups excluding carboxylic acids is 2. The average molecular weight is 510 g/mol. The van der Waals surface area contributed by atoms with Gasteiger partial charge in [-0.15, -0.1) is 0 Å². The Morgan fingerprint density at radius 1 is 1.08 bits per heavy atom. The fraction of sp³-hybridized carbons (Fsp3) is 0.333. The van der Waals surface area contributed by atoms with Crippen LogP contribution < -0.4 is 14.4 Å². The van der Waals surface area contributed by atoms with Gasteiger partial charge in [0.25, 0.3) is 10.0 Å². The number of hydrogen-bond donors (Lipinski definition) is 1. The molecule has 1 heterocycles. The molecule has 0 saturated heterocycles. The zero-order valence-corrected chi connectivity index (χ0v) is 21.5. The molecule has 8 nitrogen and oxygen atoms in total. The molecule has 1 N–H and O–H groups in total. The molecule has 1 aliphatic heterocycles. The first-order valence-electron chi connectivity index (χ1n) is 12.0. The average Bonchev–Trinajstić information content (AvgIpc) is 3.11. The van der Waals surface area contributed by atoms with Crippen molar-refractivity contribution in [2.45, 2.75) is 43.7 Å². The van der Waals surface area contributed by atoms with Crippen molar-refractivity contribution in [3.05, 3.63) is 66.2 Å². The molecule has 0 aromatic heterocycles. The van der Waals surface area contributed by atoms with Crippen molar-refractivity contribution in [2.75, 3.05) is 25.0 Å². The van der Waals surface area contributed by atoms with E-state index in [0.29, 0.717) is 29.2 Å². The molecule has 2 amide bonds. The van der Waals surface area contributed by atoms with E-state index in [1.54, 1.807) is 37.3 Å². The maximum atomic E-state index is 13.4. The van der Waals surface area contributed by atoms with Crippen LogP contribution >= 0.6 is 0 Å². The van der Waals surface area contributed by atoms with Crippen LogP contribution in [0.25, 0.3) is 10.8 Å². The maximum absolute atomic E-state index is 13.4. The predicted molar refractivity (Wildman–Crippen MR) is 139 cm³/mol. The number of amides is 2. The fourth-order valence-corrected chi connectivity index (χ4v) is 6.52. The second-order valence-corrected chi connectivity index (χ2v) is 10.6. The normalized spacial score (nSPS) is 14.5. The van der Waals surface area contributed by atoms with Gasteiger partial charge in [0.2, 0.25) is 11.8 Å². The molecule has 0 radical (unpaired) electrons. The van der Waals surface area contributed by atoms with Gasteiger partial charge in [0, 0.05) is 31.9 Å². The van der Waals surface area contributed by atoms with Gasteiger partial charge in [-0.05, 0) is 48.1 Å². The van der Waals surface area contributed by atoms with Crippen molar-refractivity contribution in [3.8, 4) is 5.75 Å². The lowest BCUT2D eigenvalue weighted by atomic mass is 10.1. The highest BCUT2D eigenvalue weighted by Crippen LogP contribution is 2.42. The van der Waals surface area contributed by atoms with Crippen molar-refractivity contribution in [1.82, 2.24) is 10.2 Å². The van der Waals surface area contributed by atoms with E-state index in [1.165, 1.54) is 4.31 Å². The third kappa shape index (κ3) is 4.75. The summed E-state index contributed by atoms with van der Waals surface area (Å²) in [4.78, 5) is 27.9. The Morgan fingerprint density at radius 2 is 1.81 bits per heavy atom. The van der Waals surface area contributed by atoms with E-state index in [9.17, 15) is 18.0 Å². The Kier molecular flexibility index (Phi) is 7.49. The molecule has 0 saturated carbocycles. The molecule has 9 heteroatoms. The number of rotatable bonds is 10. The summed E-state index contributed by atoms with van der Waals surface area (Å²) in [6, 6.07) is 17.5. The highest BCUT2D eigenvalue weighted by Gasteiger charge is 2.35. The van der Waals surface area contributed by atoms with Crippen molar-refractivity contribution in [1.29, 1.82) is 0 Å². The number of hydrogen-bond acceptors (Lipinski definition) is 5. The molecule has 3 aromatic rings. The fourth-order valence-electron chi connectivity index (χ4n) is 4.77. The summed E-state index contributed by atoms with van der Waals surface area (Å²) >= 11 is 0. The first kappa shape index (κ1) is 25.5. The van der Waals surface area contributed by atoms with Crippen LogP contribution in [0, 0.1) is 0 Å². The number of carbonyl (C=O) groups is 2. The van der Waals surface area contributed by atoms with Gasteiger partial charge in [-0.3, -0.25) is 13.9 Å². The van der Waals surface area contributed by atoms with E-state index in [0.717, 1.165) is 16.3 Å². The molecule has 1 aliphatic rings. The quantitative estimate of drug-likeness (QED) is 0.450. The summed E-state index contributed by atoms with van der Waals surface area (Å²) in [6.45, 7) is 2.28. The zero-order chi connectivity index (χ0) is 25.9. The first-order chi connectivity index (χ1) is 17.3. The van der Waals surface area contributed by atoms with Gasteiger partial charge in [-0.1, -0.05) is 43.3 Å². The number of methoxy groups -OCH3 is 1. The maximum Gasteiger partial charge on any atom is 0.265 e. The molecule has 3 aromatic carbocycles. The molecule has 4 rings (SSSR count). The Morgan fingerprint density at radius 3 is 2.50 bits per heavy atom. The third-order valence-corrected chi connectivity index (χ3v) is 8.41. The second kappa shape index (κ2) is 10.6. The number of nitrogens with zero attached hydrogens (tertiary/aromatic N) is 2. The zero-order valence-electron chi connectivity index (χ0n) is 20.7. The van der Waals surface area contributed by atoms with Crippen LogP contribution in [0.4, 0.5) is 5.69 Å². The van der Waals surface area contributed by atoms with Crippen LogP contribution in [0.15, 0.2) is 65.6 Å². The van der Waals surface area contributed by atoms with E-state index in [4.69, 9.17) is 4.74 Å². The monoisotopic (exact) mass is 509 g/mol. The van der Waals surface area contributed by atoms with E-state index in [-0.39, 0.29) is 31.3 Å². The summed E-state index contributed by atoms with van der Waals surface area (Å²) in [5.41, 5.74) is 1.48. The minimum absolute atomic E-state index is 0.107. The minimum Gasteiger partial charge on any atom is -0.497 e. The lowest BCUT2D eigenvalue weighted by Crippen LogP contribution is -2.48. The Hall–Kier alpha value is -3.59. The van der Waals surface area contributed by atoms with Crippen molar-refractivity contribution < 1.29 is 22.7 Å². The smallest absolute Gasteiger partial charge is 0.265 e. The van der Waals surface area contributed by atoms with Gasteiger partial charge in [0.1, 0.15) is 11.8 Å². The first-order valence-corrected chi connectivity index (χ1v) is 13.4. The highest BCUT2D eigenvalue weighted by atomic mass is 32.2. The molecular weight excluding hydrogens is 478 g/mol. The molecule has 1 atom stereocenters. The molecular formula is C27H31N3O5S. The summed E-state index contributed by atoms with van der Waals surface area (Å²) in [5.74, 6) is 0.222. The van der Waals surface area contributed by atoms with E-state index < -0.39 is 16.1 Å². The van der Waals surface area contributed by atoms with Crippen LogP contribution in [-0.4, -0.2) is 51.9 Å². The number of sulfonamides is 1. The van der Waals surface area contributed by atoms with Gasteiger partial charge >= 0.3 is 0 Å². The molecule has 36 heavy (non-hydrogen) atoms. The lowest BCUT2D eigenvalue weighted by Gasteiger charge is -2.30. The number of anilines is 1. The summed E-state index contributed by atoms with van der Waals surface area (Å²) < 4.78 is 33.1. The Balaban J connectivity index is 1.52. The molecule has 0 aliphatic carbocycles. The summed E-state index contributed by atoms with van der Waals surface area (Å²) in [6.07, 6.45) is 0.879. The SMILES string of the molecule is CC[C@@H](C(=O)NC)N(Cc1cccc(OC)c1)C(=O)CCCN1c2cccc3cccc(c23)S1(=O)=O. The Labute approximate surface area is 211 Å². The van der Waals surface area contributed by atoms with Crippen LogP contribution in [0.5, 0.6) is 5.75 Å². The topological polar surface area (TPSA) is 96.0 Å². The molecule has 190 valence electrons. The molecule has 0 fully saturated rings. The van der Waals surface area contributed by atoms with Gasteiger partial charge in [0.15, 0.2) is 0 Å². The van der Waals surface area contributed by atoms with Crippen LogP contribution in [0.3, 0.4) is 0 Å². The summed E-state index contributed by atoms with van der Waals surface area (Å²) in [5, 5.41) is 4.24. The number of likely N-dealkylation sites (N-methyl/N-ethyl adjacent to an activating group) is 1. The number of ether oxygens (including phenoxy) is 1. The Bertz CT molecular complexity index is 1380. The van der Waals surface area contributed by atoms with E-state index in [2.05, 4.69) is 5.32 Å². The second-order valence-electron chi connectivity index (χ2n) is 8.72. The van der Waals surface area contributed by atoms with Crippen LogP contribution in [-0.2, 0) is 26.2 Å². The predicted octanol–water partition coefficient (Wildman–Crippen LogP) is 3.69. The number of nitrogens with one attached hydrogen (secondary N) is 1. The number of benzene rings is 3. The van der Waals surface area contributed by atoms with Crippen LogP contribution in [0.2, 0.25) is 0 Å². The molecule has 0 unspecified atom stereocenters. The summed E-state index contributed by atoms with van der Waals surface area (Å²) in [7, 11) is -0.554. The van der Waals surface area contributed by atoms with E-state index >= 15 is 0 Å². The highest BCUT2D eigenvalue weighted by molar-refractivity contribution is 7.93. The van der Waals surface area contributed by atoms with Crippen molar-refractivity contribution >= 4 is 38.3 Å². The van der Waals surface area contributed by atoms with Crippen molar-refractivity contribution in [2.24, 2.45) is 0 Å². The lowest BCUT2D eigenvalue weighted by molar-refractivity contribution is -0.141. The molecule has 0 spiro atoms. The van der Waals surface area contributed by atoms with Crippen molar-refractivity contribution in [3.63, 3.8) is 0 Å². The van der Waals surface area contributed by atoms with Gasteiger partial charge in [0.05, 0.1) is 17.7 Å². The van der Waals surface area contributed by atoms with Gasteiger partial charge in [-0.2, -0.15) is 0 Å². The largest absolute Gasteiger partial charge is 0.497 e. The van der Waals surface area contributed by atoms with Gasteiger partial charge in [-0.25, -0.2) is 8.42 Å². The third-order valence-electron chi connectivity index (χ3n) is 6.55. The standard InChI is InChI=1S/C27H31N3O5S/c1-4-22(27(32)28-2)29(18-19-9-5-12-21(17-19)35-3)25(31)15-8-16-30-23-13-6-10-20-11-7-14-24(26(20)23)36(30,33)34/h5-7,9-14,17,22H,4,8,15-16,18H2,1-3H3,(H,28,32)/t22-/m0/s1.